The molecule has 1 aliphatic carbocycles. The zero-order valence-corrected chi connectivity index (χ0v) is 10.4. The lowest BCUT2D eigenvalue weighted by Crippen LogP contribution is -2.30. The molecule has 0 radical (unpaired) electrons. The fourth-order valence-corrected chi connectivity index (χ4v) is 2.62. The van der Waals surface area contributed by atoms with E-state index in [4.69, 9.17) is 0 Å². The average Bonchev–Trinajstić information content (AvgIpc) is 2.28. The van der Waals surface area contributed by atoms with Crippen molar-refractivity contribution in [3.63, 3.8) is 0 Å². The topological polar surface area (TPSA) is 17.1 Å². The van der Waals surface area contributed by atoms with Crippen LogP contribution in [0.25, 0.3) is 0 Å². The molecule has 1 aromatic rings. The van der Waals surface area contributed by atoms with Crippen LogP contribution in [0.5, 0.6) is 0 Å². The van der Waals surface area contributed by atoms with E-state index < -0.39 is 0 Å². The van der Waals surface area contributed by atoms with Gasteiger partial charge in [0.1, 0.15) is 6.29 Å². The second-order valence-electron chi connectivity index (χ2n) is 5.65. The van der Waals surface area contributed by atoms with Crippen LogP contribution in [0.4, 0.5) is 0 Å². The Kier molecular flexibility index (Phi) is 2.88. The number of carbonyl (C=O) groups is 1. The third-order valence-corrected chi connectivity index (χ3v) is 3.95. The van der Waals surface area contributed by atoms with E-state index in [1.165, 1.54) is 16.7 Å². The fraction of sp³-hybridized carbons (Fsp3) is 0.533. The Bertz CT molecular complexity index is 404. The van der Waals surface area contributed by atoms with Crippen molar-refractivity contribution in [2.45, 2.75) is 40.0 Å². The lowest BCUT2D eigenvalue weighted by atomic mass is 9.70. The van der Waals surface area contributed by atoms with Gasteiger partial charge in [-0.05, 0) is 43.2 Å². The van der Waals surface area contributed by atoms with E-state index in [0.717, 1.165) is 25.5 Å². The molecule has 1 unspecified atom stereocenters. The van der Waals surface area contributed by atoms with Gasteiger partial charge in [0, 0.05) is 5.41 Å². The maximum atomic E-state index is 11.1. The summed E-state index contributed by atoms with van der Waals surface area (Å²) in [4.78, 5) is 11.1. The molecule has 0 saturated carbocycles. The van der Waals surface area contributed by atoms with E-state index in [9.17, 15) is 4.79 Å². The standard InChI is InChI=1S/C15H20O/c1-11-4-5-13-9-14(15(2,3)10-16)7-6-12(13)8-11/h4-5,8,10,14H,6-7,9H2,1-3H3. The predicted molar refractivity (Wildman–Crippen MR) is 66.5 cm³/mol. The largest absolute Gasteiger partial charge is 0.303 e. The summed E-state index contributed by atoms with van der Waals surface area (Å²) in [5, 5.41) is 0. The molecular formula is C15H20O. The van der Waals surface area contributed by atoms with E-state index in [-0.39, 0.29) is 5.41 Å². The van der Waals surface area contributed by atoms with Gasteiger partial charge in [0.05, 0.1) is 0 Å². The smallest absolute Gasteiger partial charge is 0.125 e. The van der Waals surface area contributed by atoms with Crippen molar-refractivity contribution in [2.75, 3.05) is 0 Å². The van der Waals surface area contributed by atoms with Gasteiger partial charge in [-0.1, -0.05) is 37.6 Å². The summed E-state index contributed by atoms with van der Waals surface area (Å²) in [7, 11) is 0. The van der Waals surface area contributed by atoms with Crippen LogP contribution >= 0.6 is 0 Å². The van der Waals surface area contributed by atoms with Crippen molar-refractivity contribution in [2.24, 2.45) is 11.3 Å². The number of benzene rings is 1. The Labute approximate surface area is 97.9 Å². The molecule has 0 aliphatic heterocycles. The van der Waals surface area contributed by atoms with E-state index in [1.54, 1.807) is 0 Å². The van der Waals surface area contributed by atoms with Gasteiger partial charge in [-0.15, -0.1) is 0 Å². The van der Waals surface area contributed by atoms with Crippen molar-refractivity contribution < 1.29 is 4.79 Å². The number of aryl methyl sites for hydroxylation is 2. The summed E-state index contributed by atoms with van der Waals surface area (Å²) >= 11 is 0. The van der Waals surface area contributed by atoms with Crippen molar-refractivity contribution in [3.8, 4) is 0 Å². The van der Waals surface area contributed by atoms with Crippen LogP contribution in [0.2, 0.25) is 0 Å². The van der Waals surface area contributed by atoms with Crippen LogP contribution in [0.1, 0.15) is 37.0 Å². The Balaban J connectivity index is 2.24. The van der Waals surface area contributed by atoms with Crippen molar-refractivity contribution >= 4 is 6.29 Å². The third kappa shape index (κ3) is 2.04. The summed E-state index contributed by atoms with van der Waals surface area (Å²) in [6, 6.07) is 6.70. The molecule has 0 fully saturated rings. The Morgan fingerprint density at radius 1 is 1.31 bits per heavy atom. The molecule has 0 N–H and O–H groups in total. The van der Waals surface area contributed by atoms with Gasteiger partial charge in [0.15, 0.2) is 0 Å². The summed E-state index contributed by atoms with van der Waals surface area (Å²) in [6.07, 6.45) is 4.44. The van der Waals surface area contributed by atoms with Crippen LogP contribution in [0.15, 0.2) is 18.2 Å². The lowest BCUT2D eigenvalue weighted by Gasteiger charge is -2.33. The van der Waals surface area contributed by atoms with Gasteiger partial charge in [-0.25, -0.2) is 0 Å². The van der Waals surface area contributed by atoms with Crippen LogP contribution in [-0.4, -0.2) is 6.29 Å². The maximum absolute atomic E-state index is 11.1. The number of rotatable bonds is 2. The van der Waals surface area contributed by atoms with Crippen molar-refractivity contribution in [1.29, 1.82) is 0 Å². The highest BCUT2D eigenvalue weighted by Gasteiger charge is 2.31. The van der Waals surface area contributed by atoms with Gasteiger partial charge in [0.25, 0.3) is 0 Å². The first-order valence-electron chi connectivity index (χ1n) is 6.07. The highest BCUT2D eigenvalue weighted by Crippen LogP contribution is 2.36. The normalized spacial score (nSPS) is 20.3. The Morgan fingerprint density at radius 3 is 2.75 bits per heavy atom. The lowest BCUT2D eigenvalue weighted by molar-refractivity contribution is -0.117. The summed E-state index contributed by atoms with van der Waals surface area (Å²) in [5.74, 6) is 0.500. The quantitative estimate of drug-likeness (QED) is 0.693. The minimum Gasteiger partial charge on any atom is -0.303 e. The number of hydrogen-bond acceptors (Lipinski definition) is 1. The number of carbonyl (C=O) groups excluding carboxylic acids is 1. The molecule has 1 atom stereocenters. The second-order valence-corrected chi connectivity index (χ2v) is 5.65. The average molecular weight is 216 g/mol. The summed E-state index contributed by atoms with van der Waals surface area (Å²) < 4.78 is 0. The van der Waals surface area contributed by atoms with E-state index in [2.05, 4.69) is 39.0 Å². The first-order valence-corrected chi connectivity index (χ1v) is 6.07. The van der Waals surface area contributed by atoms with Gasteiger partial charge in [-0.3, -0.25) is 0 Å². The Hall–Kier alpha value is -1.11. The molecule has 1 aromatic carbocycles. The van der Waals surface area contributed by atoms with Crippen molar-refractivity contribution in [1.82, 2.24) is 0 Å². The number of fused-ring (bicyclic) bond motifs is 1. The molecular weight excluding hydrogens is 196 g/mol. The molecule has 0 aromatic heterocycles. The molecule has 0 heterocycles. The van der Waals surface area contributed by atoms with Gasteiger partial charge < -0.3 is 4.79 Å². The zero-order valence-electron chi connectivity index (χ0n) is 10.4. The van der Waals surface area contributed by atoms with Crippen LogP contribution in [0.3, 0.4) is 0 Å². The molecule has 1 aliphatic rings. The molecule has 1 heteroatoms. The minimum atomic E-state index is -0.178. The van der Waals surface area contributed by atoms with Gasteiger partial charge >= 0.3 is 0 Å². The molecule has 0 saturated heterocycles. The zero-order chi connectivity index (χ0) is 11.8. The second kappa shape index (κ2) is 4.04. The number of hydrogen-bond donors (Lipinski definition) is 0. The SMILES string of the molecule is Cc1ccc2c(c1)CCC(C(C)(C)C=O)C2. The first-order chi connectivity index (χ1) is 7.53. The molecule has 0 bridgehead atoms. The van der Waals surface area contributed by atoms with Crippen molar-refractivity contribution in [3.05, 3.63) is 34.9 Å². The van der Waals surface area contributed by atoms with E-state index >= 15 is 0 Å². The Morgan fingerprint density at radius 2 is 2.06 bits per heavy atom. The molecule has 16 heavy (non-hydrogen) atoms. The van der Waals surface area contributed by atoms with E-state index in [0.29, 0.717) is 5.92 Å². The maximum Gasteiger partial charge on any atom is 0.125 e. The monoisotopic (exact) mass is 216 g/mol. The summed E-state index contributed by atoms with van der Waals surface area (Å²) in [5.41, 5.74) is 4.09. The molecule has 2 rings (SSSR count). The first kappa shape index (κ1) is 11.4. The molecule has 0 spiro atoms. The predicted octanol–water partition coefficient (Wildman–Crippen LogP) is 3.33. The number of aldehydes is 1. The van der Waals surface area contributed by atoms with E-state index in [1.807, 2.05) is 0 Å². The van der Waals surface area contributed by atoms with Crippen LogP contribution < -0.4 is 0 Å². The highest BCUT2D eigenvalue weighted by molar-refractivity contribution is 5.59. The van der Waals surface area contributed by atoms with Crippen LogP contribution in [0, 0.1) is 18.3 Å². The molecule has 0 amide bonds. The fourth-order valence-electron chi connectivity index (χ4n) is 2.62. The summed E-state index contributed by atoms with van der Waals surface area (Å²) in [6.45, 7) is 6.26. The minimum absolute atomic E-state index is 0.178. The molecule has 1 nitrogen and oxygen atoms in total. The van der Waals surface area contributed by atoms with Gasteiger partial charge in [-0.2, -0.15) is 0 Å². The van der Waals surface area contributed by atoms with Crippen LogP contribution in [-0.2, 0) is 17.6 Å². The third-order valence-electron chi connectivity index (χ3n) is 3.95. The highest BCUT2D eigenvalue weighted by atomic mass is 16.1. The molecule has 86 valence electrons. The van der Waals surface area contributed by atoms with Gasteiger partial charge in [0.2, 0.25) is 0 Å².